The van der Waals surface area contributed by atoms with Crippen molar-refractivity contribution in [2.75, 3.05) is 13.2 Å². The van der Waals surface area contributed by atoms with Crippen molar-refractivity contribution in [1.29, 1.82) is 0 Å². The average molecular weight is 551 g/mol. The fraction of sp³-hybridized carbons (Fsp3) is 0.414. The highest BCUT2D eigenvalue weighted by Crippen LogP contribution is 2.50. The van der Waals surface area contributed by atoms with Crippen LogP contribution in [-0.2, 0) is 14.2 Å². The Morgan fingerprint density at radius 1 is 1.23 bits per heavy atom. The van der Waals surface area contributed by atoms with Crippen LogP contribution in [0.2, 0.25) is 11.3 Å². The van der Waals surface area contributed by atoms with Crippen LogP contribution in [0.15, 0.2) is 53.7 Å². The summed E-state index contributed by atoms with van der Waals surface area (Å²) in [5.41, 5.74) is 3.92. The molecule has 2 fully saturated rings. The van der Waals surface area contributed by atoms with Gasteiger partial charge >= 0.3 is 7.12 Å². The number of likely N-dealkylation sites (tertiary alicyclic amines) is 1. The Balaban J connectivity index is 1.46. The number of imide groups is 1. The number of aliphatic hydroxyl groups excluding tert-OH is 1. The van der Waals surface area contributed by atoms with Gasteiger partial charge in [-0.25, -0.2) is 0 Å². The maximum absolute atomic E-state index is 13.4. The van der Waals surface area contributed by atoms with Gasteiger partial charge < -0.3 is 19.9 Å². The summed E-state index contributed by atoms with van der Waals surface area (Å²) < 4.78 is 6.02. The first-order valence-corrected chi connectivity index (χ1v) is 13.8. The van der Waals surface area contributed by atoms with E-state index in [0.29, 0.717) is 37.3 Å². The second-order valence-corrected chi connectivity index (χ2v) is 10.8. The van der Waals surface area contributed by atoms with Gasteiger partial charge in [0.1, 0.15) is 5.75 Å². The van der Waals surface area contributed by atoms with E-state index in [0.717, 1.165) is 28.0 Å². The average Bonchev–Trinajstić information content (AvgIpc) is 3.16. The van der Waals surface area contributed by atoms with E-state index >= 15 is 0 Å². The molecular weight excluding hydrogens is 519 g/mol. The number of phenols is 1. The molecule has 8 nitrogen and oxygen atoms in total. The Morgan fingerprint density at radius 2 is 2.05 bits per heavy atom. The molecule has 39 heavy (non-hydrogen) atoms. The zero-order chi connectivity index (χ0) is 27.7. The molecule has 2 aromatic rings. The van der Waals surface area contributed by atoms with Gasteiger partial charge in [0.05, 0.1) is 35.3 Å². The van der Waals surface area contributed by atoms with E-state index in [1.54, 1.807) is 18.3 Å². The summed E-state index contributed by atoms with van der Waals surface area (Å²) in [6.45, 7) is 2.08. The Hall–Kier alpha value is -2.98. The van der Waals surface area contributed by atoms with Gasteiger partial charge in [0, 0.05) is 12.7 Å². The third kappa shape index (κ3) is 5.41. The van der Waals surface area contributed by atoms with Gasteiger partial charge in [-0.1, -0.05) is 24.6 Å². The van der Waals surface area contributed by atoms with E-state index in [1.165, 1.54) is 11.0 Å². The number of allylic oxidation sites excluding steroid dienone is 1. The third-order valence-corrected chi connectivity index (χ3v) is 8.35. The predicted molar refractivity (Wildman–Crippen MR) is 148 cm³/mol. The molecule has 1 aromatic heterocycles. The van der Waals surface area contributed by atoms with Crippen molar-refractivity contribution in [3.8, 4) is 5.75 Å². The molecular formula is C29H32BClN2O6. The minimum Gasteiger partial charge on any atom is -0.508 e. The van der Waals surface area contributed by atoms with Crippen LogP contribution in [0.25, 0.3) is 11.6 Å². The topological polar surface area (TPSA) is 120 Å². The number of aromatic hydroxyl groups is 1. The first kappa shape index (κ1) is 27.6. The number of pyridine rings is 1. The van der Waals surface area contributed by atoms with Gasteiger partial charge in [0.15, 0.2) is 0 Å². The van der Waals surface area contributed by atoms with E-state index in [2.05, 4.69) is 4.98 Å². The van der Waals surface area contributed by atoms with Crippen LogP contribution in [0.1, 0.15) is 43.9 Å². The molecule has 2 aliphatic heterocycles. The maximum Gasteiger partial charge on any atom is 0.455 e. The molecule has 3 N–H and O–H groups in total. The largest absolute Gasteiger partial charge is 0.508 e. The first-order chi connectivity index (χ1) is 18.8. The number of halogens is 1. The normalized spacial score (nSPS) is 25.3. The second-order valence-electron chi connectivity index (χ2n) is 10.4. The summed E-state index contributed by atoms with van der Waals surface area (Å²) in [6, 6.07) is 10.4. The van der Waals surface area contributed by atoms with Crippen molar-refractivity contribution < 1.29 is 29.5 Å². The van der Waals surface area contributed by atoms with Gasteiger partial charge in [-0.3, -0.25) is 19.5 Å². The van der Waals surface area contributed by atoms with Crippen molar-refractivity contribution >= 4 is 42.2 Å². The lowest BCUT2D eigenvalue weighted by Crippen LogP contribution is -2.46. The van der Waals surface area contributed by atoms with Crippen molar-refractivity contribution in [2.24, 2.45) is 17.8 Å². The van der Waals surface area contributed by atoms with Gasteiger partial charge in [-0.05, 0) is 96.6 Å². The standard InChI is InChI=1S/C29H32BClN2O6/c1-2-11-33-28(36)21-13-19(16-34)26-22(27(21)29(33)37)15-30(38)39-25(26)9-7-18(24-5-3-4-10-32-24)12-17-6-8-20(35)14-23(17)31/h3-6,8,10,12,14,21-22,25,27,34-35,38H,2,7,9,11,13,15-16H2,1H3/b18-12-/t21-,22+,25-,27-/m1/s1. The molecule has 0 bridgehead atoms. The summed E-state index contributed by atoms with van der Waals surface area (Å²) in [7, 11) is -1.08. The Morgan fingerprint density at radius 3 is 2.74 bits per heavy atom. The second kappa shape index (κ2) is 11.6. The molecule has 3 heterocycles. The molecule has 2 amide bonds. The van der Waals surface area contributed by atoms with Gasteiger partial charge in [0.2, 0.25) is 11.8 Å². The van der Waals surface area contributed by atoms with Crippen LogP contribution in [0, 0.1) is 17.8 Å². The van der Waals surface area contributed by atoms with Crippen LogP contribution in [0.3, 0.4) is 0 Å². The molecule has 1 aromatic carbocycles. The van der Waals surface area contributed by atoms with Crippen LogP contribution in [0.5, 0.6) is 5.75 Å². The lowest BCUT2D eigenvalue weighted by Gasteiger charge is -2.43. The summed E-state index contributed by atoms with van der Waals surface area (Å²) in [5.74, 6) is -1.71. The molecule has 0 saturated carbocycles. The lowest BCUT2D eigenvalue weighted by atomic mass is 9.58. The Kier molecular flexibility index (Phi) is 8.23. The molecule has 0 unspecified atom stereocenters. The highest BCUT2D eigenvalue weighted by molar-refractivity contribution is 6.43. The molecule has 3 aliphatic rings. The zero-order valence-electron chi connectivity index (χ0n) is 21.8. The molecule has 4 atom stereocenters. The number of rotatable bonds is 8. The number of carbonyl (C=O) groups is 2. The fourth-order valence-corrected chi connectivity index (χ4v) is 6.58. The monoisotopic (exact) mass is 550 g/mol. The Labute approximate surface area is 233 Å². The number of aromatic nitrogens is 1. The predicted octanol–water partition coefficient (Wildman–Crippen LogP) is 3.96. The van der Waals surface area contributed by atoms with Crippen LogP contribution >= 0.6 is 11.6 Å². The van der Waals surface area contributed by atoms with Crippen LogP contribution in [-0.4, -0.2) is 63.3 Å². The van der Waals surface area contributed by atoms with E-state index in [1.807, 2.05) is 31.2 Å². The SMILES string of the molecule is CCCN1C(=O)[C@@H]2[C@@H](CC(CO)=C3[C@@H](CC/C(=C/c4ccc(O)cc4Cl)c4ccccn4)OB(O)C[C@@H]32)C1=O. The van der Waals surface area contributed by atoms with Crippen molar-refractivity contribution in [1.82, 2.24) is 9.88 Å². The van der Waals surface area contributed by atoms with Gasteiger partial charge in [-0.2, -0.15) is 0 Å². The minimum atomic E-state index is -1.08. The Bertz CT molecular complexity index is 1320. The molecule has 0 radical (unpaired) electrons. The third-order valence-electron chi connectivity index (χ3n) is 8.02. The van der Waals surface area contributed by atoms with E-state index in [9.17, 15) is 24.8 Å². The molecule has 2 saturated heterocycles. The molecule has 1 aliphatic carbocycles. The summed E-state index contributed by atoms with van der Waals surface area (Å²) in [5, 5.41) is 31.2. The van der Waals surface area contributed by atoms with Crippen LogP contribution in [0.4, 0.5) is 0 Å². The van der Waals surface area contributed by atoms with E-state index in [4.69, 9.17) is 16.3 Å². The van der Waals surface area contributed by atoms with Gasteiger partial charge in [-0.15, -0.1) is 0 Å². The highest BCUT2D eigenvalue weighted by atomic mass is 35.5. The number of carbonyl (C=O) groups excluding carboxylic acids is 2. The van der Waals surface area contributed by atoms with Crippen molar-refractivity contribution in [3.05, 3.63) is 70.0 Å². The summed E-state index contributed by atoms with van der Waals surface area (Å²) >= 11 is 6.39. The number of amides is 2. The van der Waals surface area contributed by atoms with Gasteiger partial charge in [0.25, 0.3) is 0 Å². The summed E-state index contributed by atoms with van der Waals surface area (Å²) in [6.07, 6.45) is 5.26. The molecule has 10 heteroatoms. The van der Waals surface area contributed by atoms with E-state index < -0.39 is 25.1 Å². The van der Waals surface area contributed by atoms with Crippen molar-refractivity contribution in [3.63, 3.8) is 0 Å². The highest BCUT2D eigenvalue weighted by Gasteiger charge is 2.56. The van der Waals surface area contributed by atoms with Crippen LogP contribution < -0.4 is 0 Å². The fourth-order valence-electron chi connectivity index (χ4n) is 6.35. The number of phenolic OH excluding ortho intramolecular Hbond substituents is 1. The zero-order valence-corrected chi connectivity index (χ0v) is 22.6. The molecule has 204 valence electrons. The number of hydrogen-bond donors (Lipinski definition) is 3. The maximum atomic E-state index is 13.4. The van der Waals surface area contributed by atoms with E-state index in [-0.39, 0.29) is 36.4 Å². The number of aliphatic hydroxyl groups is 1. The van der Waals surface area contributed by atoms with Crippen molar-refractivity contribution in [2.45, 2.75) is 45.0 Å². The molecule has 5 rings (SSSR count). The number of fused-ring (bicyclic) bond motifs is 3. The smallest absolute Gasteiger partial charge is 0.455 e. The quantitative estimate of drug-likeness (QED) is 0.258. The number of benzene rings is 1. The molecule has 0 spiro atoms. The summed E-state index contributed by atoms with van der Waals surface area (Å²) in [4.78, 5) is 32.3. The number of hydrogen-bond acceptors (Lipinski definition) is 7. The number of nitrogens with zero attached hydrogens (tertiary/aromatic N) is 2. The minimum absolute atomic E-state index is 0.0729. The lowest BCUT2D eigenvalue weighted by molar-refractivity contribution is -0.140. The first-order valence-electron chi connectivity index (χ1n) is 13.4.